The van der Waals surface area contributed by atoms with E-state index in [2.05, 4.69) is 0 Å². The molecule has 0 saturated heterocycles. The molecule has 0 radical (unpaired) electrons. The fourth-order valence-electron chi connectivity index (χ4n) is 0.453. The molecule has 0 bridgehead atoms. The third-order valence-corrected chi connectivity index (χ3v) is 1.89. The van der Waals surface area contributed by atoms with E-state index in [0.717, 1.165) is 5.69 Å². The van der Waals surface area contributed by atoms with Crippen molar-refractivity contribution in [1.82, 2.24) is 0 Å². The zero-order chi connectivity index (χ0) is 14.8. The van der Waals surface area contributed by atoms with Gasteiger partial charge in [-0.1, -0.05) is 18.2 Å². The molecule has 0 fully saturated rings. The lowest BCUT2D eigenvalue weighted by Gasteiger charge is -1.83. The third-order valence-electron chi connectivity index (χ3n) is 1.16. The molecule has 0 atom stereocenters. The summed E-state index contributed by atoms with van der Waals surface area (Å²) in [5.41, 5.74) is 6.18. The van der Waals surface area contributed by atoms with Crippen LogP contribution in [0.15, 0.2) is 30.3 Å². The second-order valence-corrected chi connectivity index (χ2v) is 5.37. The molecule has 106 valence electrons. The number of anilines is 1. The molecule has 0 saturated carbocycles. The van der Waals surface area contributed by atoms with Crippen molar-refractivity contribution in [2.45, 2.75) is 6.92 Å². The van der Waals surface area contributed by atoms with Crippen molar-refractivity contribution in [2.75, 3.05) is 11.5 Å². The number of hydrogen-bond donors (Lipinski definition) is 4. The second kappa shape index (κ2) is 8.83. The fourth-order valence-corrected chi connectivity index (χ4v) is 0.453. The van der Waals surface area contributed by atoms with Crippen LogP contribution in [0.4, 0.5) is 5.69 Å². The lowest BCUT2D eigenvalue weighted by atomic mass is 10.3. The van der Waals surface area contributed by atoms with Crippen LogP contribution in [-0.2, 0) is 20.5 Å². The highest BCUT2D eigenvalue weighted by atomic mass is 32.3. The lowest BCUT2D eigenvalue weighted by molar-refractivity contribution is 0.381. The van der Waals surface area contributed by atoms with Gasteiger partial charge in [-0.05, 0) is 19.1 Å². The molecule has 0 amide bonds. The zero-order valence-corrected chi connectivity index (χ0v) is 11.1. The molecule has 1 rings (SSSR count). The van der Waals surface area contributed by atoms with Gasteiger partial charge >= 0.3 is 10.4 Å². The summed E-state index contributed by atoms with van der Waals surface area (Å²) >= 11 is 0. The van der Waals surface area contributed by atoms with E-state index in [-0.39, 0.29) is 5.75 Å². The van der Waals surface area contributed by atoms with Crippen LogP contribution in [0.5, 0.6) is 0 Å². The topological polar surface area (TPSA) is 155 Å². The van der Waals surface area contributed by atoms with E-state index < -0.39 is 20.5 Å². The quantitative estimate of drug-likeness (QED) is 0.432. The Kier molecular flexibility index (Phi) is 9.39. The molecule has 8 nitrogen and oxygen atoms in total. The largest absolute Gasteiger partial charge is 0.399 e. The van der Waals surface area contributed by atoms with Gasteiger partial charge in [-0.3, -0.25) is 13.7 Å². The molecule has 0 unspecified atom stereocenters. The second-order valence-electron chi connectivity index (χ2n) is 2.73. The van der Waals surface area contributed by atoms with Gasteiger partial charge in [0, 0.05) is 5.69 Å². The Hall–Kier alpha value is -1.20. The third kappa shape index (κ3) is 29.3. The molecule has 1 aromatic rings. The maximum atomic E-state index is 9.56. The van der Waals surface area contributed by atoms with E-state index in [9.17, 15) is 8.42 Å². The van der Waals surface area contributed by atoms with Crippen LogP contribution < -0.4 is 5.73 Å². The average Bonchev–Trinajstić information content (AvgIpc) is 2.16. The highest BCUT2D eigenvalue weighted by Gasteiger charge is 1.93. The molecule has 0 heterocycles. The van der Waals surface area contributed by atoms with Crippen molar-refractivity contribution in [3.05, 3.63) is 30.3 Å². The maximum Gasteiger partial charge on any atom is 0.394 e. The Balaban J connectivity index is 0. The van der Waals surface area contributed by atoms with E-state index in [1.54, 1.807) is 0 Å². The first-order chi connectivity index (χ1) is 7.95. The summed E-state index contributed by atoms with van der Waals surface area (Å²) < 4.78 is 58.5. The van der Waals surface area contributed by atoms with Gasteiger partial charge in [0.15, 0.2) is 0 Å². The minimum atomic E-state index is -4.67. The molecular formula is C8H15NO7S2. The molecule has 10 heteroatoms. The molecule has 0 aromatic heterocycles. The molecule has 0 aliphatic rings. The van der Waals surface area contributed by atoms with E-state index >= 15 is 0 Å². The summed E-state index contributed by atoms with van der Waals surface area (Å²) in [4.78, 5) is 0. The first-order valence-corrected chi connectivity index (χ1v) is 7.42. The Bertz CT molecular complexity index is 502. The van der Waals surface area contributed by atoms with E-state index in [1.165, 1.54) is 6.92 Å². The number of nitrogen functional groups attached to an aromatic ring is 1. The van der Waals surface area contributed by atoms with Gasteiger partial charge in [-0.15, -0.1) is 0 Å². The van der Waals surface area contributed by atoms with Gasteiger partial charge in [-0.2, -0.15) is 16.8 Å². The molecular weight excluding hydrogens is 286 g/mol. The summed E-state index contributed by atoms with van der Waals surface area (Å²) in [5.74, 6) is -0.201. The van der Waals surface area contributed by atoms with Crippen molar-refractivity contribution in [3.8, 4) is 0 Å². The lowest BCUT2D eigenvalue weighted by Crippen LogP contribution is -1.97. The molecule has 0 spiro atoms. The Labute approximate surface area is 106 Å². The van der Waals surface area contributed by atoms with Crippen molar-refractivity contribution >= 4 is 26.2 Å². The van der Waals surface area contributed by atoms with Gasteiger partial charge in [0.2, 0.25) is 0 Å². The Morgan fingerprint density at radius 2 is 1.28 bits per heavy atom. The van der Waals surface area contributed by atoms with Gasteiger partial charge in [0.1, 0.15) is 0 Å². The molecule has 0 aliphatic carbocycles. The van der Waals surface area contributed by atoms with Crippen molar-refractivity contribution in [3.63, 3.8) is 0 Å². The van der Waals surface area contributed by atoms with Gasteiger partial charge in [-0.25, -0.2) is 0 Å². The number of rotatable bonds is 1. The summed E-state index contributed by atoms with van der Waals surface area (Å²) in [6.07, 6.45) is 0. The minimum absolute atomic E-state index is 0.201. The maximum absolute atomic E-state index is 9.56. The van der Waals surface area contributed by atoms with Gasteiger partial charge in [0.25, 0.3) is 10.1 Å². The highest BCUT2D eigenvalue weighted by molar-refractivity contribution is 7.85. The van der Waals surface area contributed by atoms with Crippen molar-refractivity contribution < 1.29 is 30.5 Å². The normalized spacial score (nSPS) is 10.4. The molecule has 18 heavy (non-hydrogen) atoms. The van der Waals surface area contributed by atoms with Gasteiger partial charge in [0.05, 0.1) is 5.75 Å². The Morgan fingerprint density at radius 3 is 1.39 bits per heavy atom. The van der Waals surface area contributed by atoms with Crippen LogP contribution in [-0.4, -0.2) is 36.2 Å². The Morgan fingerprint density at radius 1 is 1.00 bits per heavy atom. The van der Waals surface area contributed by atoms with Gasteiger partial charge < -0.3 is 5.73 Å². The highest BCUT2D eigenvalue weighted by Crippen LogP contribution is 1.95. The first kappa shape index (κ1) is 19.1. The van der Waals surface area contributed by atoms with Crippen LogP contribution in [0.25, 0.3) is 0 Å². The van der Waals surface area contributed by atoms with Crippen molar-refractivity contribution in [2.24, 2.45) is 0 Å². The monoisotopic (exact) mass is 301 g/mol. The van der Waals surface area contributed by atoms with E-state index in [1.807, 2.05) is 30.3 Å². The van der Waals surface area contributed by atoms with Crippen LogP contribution in [0.1, 0.15) is 6.92 Å². The fraction of sp³-hybridized carbons (Fsp3) is 0.250. The number of nitrogens with two attached hydrogens (primary N) is 1. The van der Waals surface area contributed by atoms with E-state index in [4.69, 9.17) is 27.8 Å². The molecule has 1 aromatic carbocycles. The molecule has 5 N–H and O–H groups in total. The summed E-state index contributed by atoms with van der Waals surface area (Å²) in [7, 11) is -8.33. The minimum Gasteiger partial charge on any atom is -0.399 e. The predicted octanol–water partition coefficient (Wildman–Crippen LogP) is 0.510. The number of benzene rings is 1. The summed E-state index contributed by atoms with van der Waals surface area (Å²) in [6.45, 7) is 1.37. The zero-order valence-electron chi connectivity index (χ0n) is 9.46. The number of para-hydroxylation sites is 1. The predicted molar refractivity (Wildman–Crippen MR) is 67.1 cm³/mol. The van der Waals surface area contributed by atoms with Crippen LogP contribution in [0.3, 0.4) is 0 Å². The molecule has 0 aliphatic heterocycles. The van der Waals surface area contributed by atoms with E-state index in [0.29, 0.717) is 0 Å². The standard InChI is InChI=1S/C6H7N.C2H6O3S.H2O4S/c7-6-4-2-1-3-5-6;1-2-6(3,4)5;1-5(2,3)4/h1-5H,7H2;2H2,1H3,(H,3,4,5);(H2,1,2,3,4). The average molecular weight is 301 g/mol. The number of hydrogen-bond acceptors (Lipinski definition) is 5. The SMILES string of the molecule is CCS(=O)(=O)O.Nc1ccccc1.O=S(=O)(O)O. The van der Waals surface area contributed by atoms with Crippen molar-refractivity contribution in [1.29, 1.82) is 0 Å². The smallest absolute Gasteiger partial charge is 0.394 e. The summed E-state index contributed by atoms with van der Waals surface area (Å²) in [6, 6.07) is 9.49. The van der Waals surface area contributed by atoms with Crippen LogP contribution >= 0.6 is 0 Å². The first-order valence-electron chi connectivity index (χ1n) is 4.41. The summed E-state index contributed by atoms with van der Waals surface area (Å²) in [5, 5.41) is 0. The van der Waals surface area contributed by atoms with Crippen LogP contribution in [0, 0.1) is 0 Å². The van der Waals surface area contributed by atoms with Crippen LogP contribution in [0.2, 0.25) is 0 Å².